The summed E-state index contributed by atoms with van der Waals surface area (Å²) >= 11 is 0. The highest BCUT2D eigenvalue weighted by Gasteiger charge is 2.13. The van der Waals surface area contributed by atoms with Crippen LogP contribution in [0.5, 0.6) is 5.75 Å². The van der Waals surface area contributed by atoms with Crippen LogP contribution in [0.4, 0.5) is 5.82 Å². The van der Waals surface area contributed by atoms with E-state index in [9.17, 15) is 5.11 Å². The predicted octanol–water partition coefficient (Wildman–Crippen LogP) is 4.30. The Labute approximate surface area is 141 Å². The van der Waals surface area contributed by atoms with Gasteiger partial charge in [0.15, 0.2) is 0 Å². The van der Waals surface area contributed by atoms with Crippen LogP contribution in [0.15, 0.2) is 42.6 Å². The third-order valence-electron chi connectivity index (χ3n) is 4.73. The number of aromatic nitrogens is 2. The molecule has 122 valence electrons. The van der Waals surface area contributed by atoms with E-state index in [0.717, 1.165) is 46.6 Å². The minimum Gasteiger partial charge on any atom is -0.508 e. The number of anilines is 1. The van der Waals surface area contributed by atoms with E-state index >= 15 is 0 Å². The van der Waals surface area contributed by atoms with Gasteiger partial charge in [-0.1, -0.05) is 12.1 Å². The molecule has 1 aromatic heterocycles. The van der Waals surface area contributed by atoms with Crippen molar-refractivity contribution in [2.75, 3.05) is 18.0 Å². The minimum atomic E-state index is 0.296. The Morgan fingerprint density at radius 2 is 1.79 bits per heavy atom. The molecule has 0 aliphatic carbocycles. The Morgan fingerprint density at radius 1 is 0.958 bits per heavy atom. The van der Waals surface area contributed by atoms with Gasteiger partial charge in [0, 0.05) is 13.1 Å². The molecule has 2 aromatic carbocycles. The molecular formula is C20H21N3O. The smallest absolute Gasteiger partial charge is 0.147 e. The second kappa shape index (κ2) is 6.11. The van der Waals surface area contributed by atoms with E-state index in [-0.39, 0.29) is 0 Å². The zero-order chi connectivity index (χ0) is 16.5. The molecule has 0 radical (unpaired) electrons. The van der Waals surface area contributed by atoms with Gasteiger partial charge >= 0.3 is 0 Å². The lowest BCUT2D eigenvalue weighted by molar-refractivity contribution is 0.475. The average Bonchev–Trinajstić information content (AvgIpc) is 2.61. The van der Waals surface area contributed by atoms with E-state index in [2.05, 4.69) is 22.0 Å². The van der Waals surface area contributed by atoms with Gasteiger partial charge in [0.1, 0.15) is 11.6 Å². The van der Waals surface area contributed by atoms with Gasteiger partial charge in [-0.15, -0.1) is 0 Å². The molecule has 24 heavy (non-hydrogen) atoms. The van der Waals surface area contributed by atoms with Crippen molar-refractivity contribution in [1.82, 2.24) is 9.97 Å². The number of hydrogen-bond donors (Lipinski definition) is 1. The summed E-state index contributed by atoms with van der Waals surface area (Å²) in [6.45, 7) is 4.14. The fourth-order valence-electron chi connectivity index (χ4n) is 3.42. The van der Waals surface area contributed by atoms with Crippen molar-refractivity contribution in [3.05, 3.63) is 48.2 Å². The number of benzene rings is 2. The number of nitrogens with zero attached hydrogens (tertiary/aromatic N) is 3. The van der Waals surface area contributed by atoms with E-state index in [1.165, 1.54) is 19.3 Å². The molecule has 0 spiro atoms. The summed E-state index contributed by atoms with van der Waals surface area (Å²) < 4.78 is 0. The lowest BCUT2D eigenvalue weighted by Crippen LogP contribution is -2.30. The van der Waals surface area contributed by atoms with Crippen LogP contribution in [-0.2, 0) is 0 Å². The van der Waals surface area contributed by atoms with Gasteiger partial charge in [-0.25, -0.2) is 4.98 Å². The average molecular weight is 319 g/mol. The van der Waals surface area contributed by atoms with Crippen molar-refractivity contribution in [3.8, 4) is 16.9 Å². The highest BCUT2D eigenvalue weighted by atomic mass is 16.3. The normalized spacial score (nSPS) is 15.0. The Morgan fingerprint density at radius 3 is 2.58 bits per heavy atom. The van der Waals surface area contributed by atoms with Crippen molar-refractivity contribution >= 4 is 16.9 Å². The summed E-state index contributed by atoms with van der Waals surface area (Å²) in [5, 5.41) is 9.61. The quantitative estimate of drug-likeness (QED) is 0.765. The van der Waals surface area contributed by atoms with Crippen LogP contribution >= 0.6 is 0 Å². The first kappa shape index (κ1) is 14.9. The number of aromatic hydroxyl groups is 1. The van der Waals surface area contributed by atoms with E-state index < -0.39 is 0 Å². The van der Waals surface area contributed by atoms with Crippen molar-refractivity contribution in [2.45, 2.75) is 26.2 Å². The monoisotopic (exact) mass is 319 g/mol. The maximum atomic E-state index is 9.61. The van der Waals surface area contributed by atoms with Gasteiger partial charge in [0.25, 0.3) is 0 Å². The van der Waals surface area contributed by atoms with Crippen molar-refractivity contribution < 1.29 is 5.11 Å². The van der Waals surface area contributed by atoms with Crippen LogP contribution in [0, 0.1) is 6.92 Å². The predicted molar refractivity (Wildman–Crippen MR) is 97.4 cm³/mol. The van der Waals surface area contributed by atoms with E-state index in [1.54, 1.807) is 12.1 Å². The highest BCUT2D eigenvalue weighted by molar-refractivity contribution is 5.83. The van der Waals surface area contributed by atoms with Crippen LogP contribution < -0.4 is 4.90 Å². The second-order valence-corrected chi connectivity index (χ2v) is 6.48. The highest BCUT2D eigenvalue weighted by Crippen LogP contribution is 2.29. The lowest BCUT2D eigenvalue weighted by atomic mass is 10.00. The fourth-order valence-corrected chi connectivity index (χ4v) is 3.42. The number of fused-ring (bicyclic) bond motifs is 1. The Hall–Kier alpha value is -2.62. The molecule has 0 unspecified atom stereocenters. The standard InChI is InChI=1S/C20H21N3O/c1-14-11-16(24)6-7-17(14)15-5-8-18-19(12-15)22-20(13-21-18)23-9-3-2-4-10-23/h5-8,11-13,24H,2-4,9-10H2,1H3. The Bertz CT molecular complexity index is 885. The first-order valence-corrected chi connectivity index (χ1v) is 8.52. The molecule has 0 atom stereocenters. The largest absolute Gasteiger partial charge is 0.508 e. The molecule has 1 aliphatic heterocycles. The van der Waals surface area contributed by atoms with E-state index in [0.29, 0.717) is 5.75 Å². The number of piperidine rings is 1. The molecule has 3 aromatic rings. The number of aryl methyl sites for hydroxylation is 1. The topological polar surface area (TPSA) is 49.3 Å². The van der Waals surface area contributed by atoms with Crippen LogP contribution in [-0.4, -0.2) is 28.2 Å². The maximum absolute atomic E-state index is 9.61. The summed E-state index contributed by atoms with van der Waals surface area (Å²) in [7, 11) is 0. The van der Waals surface area contributed by atoms with Crippen molar-refractivity contribution in [3.63, 3.8) is 0 Å². The molecule has 1 aliphatic rings. The fraction of sp³-hybridized carbons (Fsp3) is 0.300. The van der Waals surface area contributed by atoms with Crippen LogP contribution in [0.3, 0.4) is 0 Å². The lowest BCUT2D eigenvalue weighted by Gasteiger charge is -2.27. The van der Waals surface area contributed by atoms with Gasteiger partial charge in [0.2, 0.25) is 0 Å². The molecule has 0 amide bonds. The third-order valence-corrected chi connectivity index (χ3v) is 4.73. The van der Waals surface area contributed by atoms with Gasteiger partial charge in [-0.2, -0.15) is 0 Å². The number of hydrogen-bond acceptors (Lipinski definition) is 4. The molecule has 1 fully saturated rings. The van der Waals surface area contributed by atoms with Gasteiger partial charge in [-0.3, -0.25) is 4.98 Å². The summed E-state index contributed by atoms with van der Waals surface area (Å²) in [4.78, 5) is 11.8. The molecule has 4 nitrogen and oxygen atoms in total. The maximum Gasteiger partial charge on any atom is 0.147 e. The van der Waals surface area contributed by atoms with Crippen LogP contribution in [0.25, 0.3) is 22.2 Å². The molecule has 1 saturated heterocycles. The zero-order valence-electron chi connectivity index (χ0n) is 13.9. The number of phenols is 1. The van der Waals surface area contributed by atoms with E-state index in [4.69, 9.17) is 4.98 Å². The van der Waals surface area contributed by atoms with Gasteiger partial charge in [0.05, 0.1) is 17.2 Å². The first-order chi connectivity index (χ1) is 11.7. The molecule has 2 heterocycles. The summed E-state index contributed by atoms with van der Waals surface area (Å²) in [6.07, 6.45) is 5.65. The summed E-state index contributed by atoms with van der Waals surface area (Å²) in [5.41, 5.74) is 5.10. The molecule has 0 bridgehead atoms. The zero-order valence-corrected chi connectivity index (χ0v) is 13.9. The second-order valence-electron chi connectivity index (χ2n) is 6.48. The third kappa shape index (κ3) is 2.80. The Kier molecular flexibility index (Phi) is 3.81. The summed E-state index contributed by atoms with van der Waals surface area (Å²) in [5.74, 6) is 1.27. The SMILES string of the molecule is Cc1cc(O)ccc1-c1ccc2ncc(N3CCCCC3)nc2c1. The minimum absolute atomic E-state index is 0.296. The first-order valence-electron chi connectivity index (χ1n) is 8.52. The van der Waals surface area contributed by atoms with Gasteiger partial charge in [-0.05, 0) is 67.1 Å². The summed E-state index contributed by atoms with van der Waals surface area (Å²) in [6, 6.07) is 11.6. The molecule has 4 heteroatoms. The number of rotatable bonds is 2. The number of phenolic OH excluding ortho intramolecular Hbond substituents is 1. The van der Waals surface area contributed by atoms with E-state index in [1.807, 2.05) is 25.3 Å². The van der Waals surface area contributed by atoms with Gasteiger partial charge < -0.3 is 10.0 Å². The molecule has 1 N–H and O–H groups in total. The van der Waals surface area contributed by atoms with Crippen molar-refractivity contribution in [2.24, 2.45) is 0 Å². The van der Waals surface area contributed by atoms with Crippen LogP contribution in [0.1, 0.15) is 24.8 Å². The molecular weight excluding hydrogens is 298 g/mol. The Balaban J connectivity index is 1.75. The molecule has 4 rings (SSSR count). The van der Waals surface area contributed by atoms with Crippen LogP contribution in [0.2, 0.25) is 0 Å². The van der Waals surface area contributed by atoms with Crippen molar-refractivity contribution in [1.29, 1.82) is 0 Å². The molecule has 0 saturated carbocycles.